The molecule has 34 heavy (non-hydrogen) atoms. The fourth-order valence-electron chi connectivity index (χ4n) is 3.24. The van der Waals surface area contributed by atoms with Crippen molar-refractivity contribution in [2.24, 2.45) is 0 Å². The second-order valence-corrected chi connectivity index (χ2v) is 8.19. The number of carbonyl (C=O) groups is 2. The molecule has 6 nitrogen and oxygen atoms in total. The van der Waals surface area contributed by atoms with Gasteiger partial charge in [-0.3, -0.25) is 14.9 Å². The number of anilines is 2. The fraction of sp³-hybridized carbons (Fsp3) is 0.222. The number of carbonyl (C=O) groups excluding carboxylic acids is 2. The summed E-state index contributed by atoms with van der Waals surface area (Å²) >= 11 is 5.28. The summed E-state index contributed by atoms with van der Waals surface area (Å²) in [4.78, 5) is 24.8. The number of hydrogen-bond acceptors (Lipinski definition) is 4. The van der Waals surface area contributed by atoms with Gasteiger partial charge >= 0.3 is 0 Å². The van der Waals surface area contributed by atoms with Gasteiger partial charge in [0.25, 0.3) is 5.91 Å². The Morgan fingerprint density at radius 2 is 1.56 bits per heavy atom. The Hall–Kier alpha value is -3.71. The van der Waals surface area contributed by atoms with Crippen LogP contribution < -0.4 is 20.7 Å². The largest absolute Gasteiger partial charge is 0.494 e. The van der Waals surface area contributed by atoms with Gasteiger partial charge in [0, 0.05) is 16.9 Å². The van der Waals surface area contributed by atoms with Crippen LogP contribution in [0.1, 0.15) is 42.1 Å². The summed E-state index contributed by atoms with van der Waals surface area (Å²) in [5, 5.41) is 8.69. The predicted octanol–water partition coefficient (Wildman–Crippen LogP) is 5.56. The molecule has 0 radical (unpaired) electrons. The number of hydrogen-bond donors (Lipinski definition) is 3. The van der Waals surface area contributed by atoms with Crippen molar-refractivity contribution >= 4 is 40.5 Å². The van der Waals surface area contributed by atoms with Gasteiger partial charge in [-0.15, -0.1) is 0 Å². The Morgan fingerprint density at radius 3 is 2.26 bits per heavy atom. The average Bonchev–Trinajstić information content (AvgIpc) is 2.83. The van der Waals surface area contributed by atoms with Crippen LogP contribution in [0.15, 0.2) is 78.9 Å². The smallest absolute Gasteiger partial charge is 0.257 e. The van der Waals surface area contributed by atoms with Gasteiger partial charge in [0.1, 0.15) is 5.75 Å². The molecule has 0 unspecified atom stereocenters. The Kier molecular flexibility index (Phi) is 9.61. The lowest BCUT2D eigenvalue weighted by molar-refractivity contribution is -0.115. The number of ether oxygens (including phenoxy) is 1. The van der Waals surface area contributed by atoms with Crippen molar-refractivity contribution in [2.75, 3.05) is 17.2 Å². The first-order valence-electron chi connectivity index (χ1n) is 11.3. The molecular formula is C27H29N3O3S. The van der Waals surface area contributed by atoms with Crippen LogP contribution in [0, 0.1) is 0 Å². The van der Waals surface area contributed by atoms with Crippen molar-refractivity contribution in [1.29, 1.82) is 0 Å². The van der Waals surface area contributed by atoms with Crippen LogP contribution >= 0.6 is 12.2 Å². The van der Waals surface area contributed by atoms with E-state index in [0.717, 1.165) is 30.6 Å². The van der Waals surface area contributed by atoms with Gasteiger partial charge in [-0.05, 0) is 66.7 Å². The highest BCUT2D eigenvalue weighted by atomic mass is 32.1. The van der Waals surface area contributed by atoms with Crippen LogP contribution in [0.2, 0.25) is 0 Å². The highest BCUT2D eigenvalue weighted by Gasteiger charge is 2.09. The van der Waals surface area contributed by atoms with E-state index in [9.17, 15) is 9.59 Å². The molecule has 0 heterocycles. The maximum atomic E-state index is 12.5. The molecule has 0 spiro atoms. The minimum absolute atomic E-state index is 0.114. The minimum atomic E-state index is -0.317. The van der Waals surface area contributed by atoms with Crippen LogP contribution in [0.4, 0.5) is 11.4 Å². The van der Waals surface area contributed by atoms with Crippen molar-refractivity contribution < 1.29 is 14.3 Å². The van der Waals surface area contributed by atoms with Crippen LogP contribution in [-0.4, -0.2) is 23.5 Å². The summed E-state index contributed by atoms with van der Waals surface area (Å²) in [6.07, 6.45) is 3.57. The van der Waals surface area contributed by atoms with Gasteiger partial charge in [-0.25, -0.2) is 0 Å². The van der Waals surface area contributed by atoms with E-state index in [0.29, 0.717) is 23.5 Å². The van der Waals surface area contributed by atoms with Crippen LogP contribution in [0.5, 0.6) is 5.75 Å². The predicted molar refractivity (Wildman–Crippen MR) is 140 cm³/mol. The summed E-state index contributed by atoms with van der Waals surface area (Å²) in [6.45, 7) is 2.81. The van der Waals surface area contributed by atoms with Crippen LogP contribution in [0.25, 0.3) is 0 Å². The lowest BCUT2D eigenvalue weighted by Crippen LogP contribution is -2.34. The summed E-state index contributed by atoms with van der Waals surface area (Å²) in [5.74, 6) is 0.304. The maximum absolute atomic E-state index is 12.5. The maximum Gasteiger partial charge on any atom is 0.257 e. The van der Waals surface area contributed by atoms with Crippen molar-refractivity contribution in [3.8, 4) is 5.75 Å². The van der Waals surface area contributed by atoms with E-state index >= 15 is 0 Å². The summed E-state index contributed by atoms with van der Waals surface area (Å²) in [7, 11) is 0. The molecule has 7 heteroatoms. The van der Waals surface area contributed by atoms with Gasteiger partial charge in [0.2, 0.25) is 5.91 Å². The lowest BCUT2D eigenvalue weighted by atomic mass is 10.1. The third-order valence-corrected chi connectivity index (χ3v) is 5.18. The van der Waals surface area contributed by atoms with E-state index in [1.165, 1.54) is 0 Å². The zero-order valence-corrected chi connectivity index (χ0v) is 20.0. The van der Waals surface area contributed by atoms with Crippen molar-refractivity contribution in [3.63, 3.8) is 0 Å². The minimum Gasteiger partial charge on any atom is -0.494 e. The topological polar surface area (TPSA) is 79.5 Å². The highest BCUT2D eigenvalue weighted by molar-refractivity contribution is 7.80. The molecule has 3 rings (SSSR count). The molecule has 0 aliphatic rings. The third-order valence-electron chi connectivity index (χ3n) is 4.97. The van der Waals surface area contributed by atoms with E-state index in [1.807, 2.05) is 30.3 Å². The second kappa shape index (κ2) is 13.1. The molecular weight excluding hydrogens is 446 g/mol. The molecule has 3 N–H and O–H groups in total. The van der Waals surface area contributed by atoms with Gasteiger partial charge in [0.15, 0.2) is 5.11 Å². The van der Waals surface area contributed by atoms with E-state index in [1.54, 1.807) is 48.5 Å². The Morgan fingerprint density at radius 1 is 0.853 bits per heavy atom. The van der Waals surface area contributed by atoms with E-state index in [-0.39, 0.29) is 23.3 Å². The quantitative estimate of drug-likeness (QED) is 0.264. The first-order chi connectivity index (χ1) is 16.5. The number of thiocarbonyl (C=S) groups is 1. The first kappa shape index (κ1) is 24.9. The van der Waals surface area contributed by atoms with E-state index < -0.39 is 0 Å². The third kappa shape index (κ3) is 8.33. The molecule has 0 atom stereocenters. The SMILES string of the molecule is CCCCCOc1ccc(C(=O)NC(=S)Nc2cccc(NC(=O)Cc3ccccc3)c2)cc1. The summed E-state index contributed by atoms with van der Waals surface area (Å²) in [5.41, 5.74) is 2.70. The summed E-state index contributed by atoms with van der Waals surface area (Å²) in [6, 6.07) is 23.6. The Bertz CT molecular complexity index is 1100. The molecule has 0 aliphatic heterocycles. The monoisotopic (exact) mass is 475 g/mol. The van der Waals surface area contributed by atoms with Crippen LogP contribution in [-0.2, 0) is 11.2 Å². The standard InChI is InChI=1S/C27H29N3O3S/c1-2-3-7-17-33-24-15-13-21(14-16-24)26(32)30-27(34)29-23-12-8-11-22(19-23)28-25(31)18-20-9-5-4-6-10-20/h4-6,8-16,19H,2-3,7,17-18H2,1H3,(H,28,31)(H2,29,30,32,34). The number of benzene rings is 3. The van der Waals surface area contributed by atoms with Crippen molar-refractivity contribution in [3.05, 3.63) is 90.0 Å². The molecule has 3 aromatic rings. The zero-order valence-electron chi connectivity index (χ0n) is 19.2. The normalized spacial score (nSPS) is 10.3. The fourth-order valence-corrected chi connectivity index (χ4v) is 3.45. The second-order valence-electron chi connectivity index (χ2n) is 7.78. The highest BCUT2D eigenvalue weighted by Crippen LogP contribution is 2.16. The number of nitrogens with one attached hydrogen (secondary N) is 3. The molecule has 0 aromatic heterocycles. The number of amides is 2. The van der Waals surface area contributed by atoms with Crippen molar-refractivity contribution in [2.45, 2.75) is 32.6 Å². The average molecular weight is 476 g/mol. The van der Waals surface area contributed by atoms with E-state index in [2.05, 4.69) is 22.9 Å². The van der Waals surface area contributed by atoms with Gasteiger partial charge in [-0.1, -0.05) is 56.2 Å². The van der Waals surface area contributed by atoms with Gasteiger partial charge < -0.3 is 15.4 Å². The number of rotatable bonds is 10. The molecule has 0 saturated heterocycles. The lowest BCUT2D eigenvalue weighted by Gasteiger charge is -2.12. The van der Waals surface area contributed by atoms with E-state index in [4.69, 9.17) is 17.0 Å². The molecule has 2 amide bonds. The zero-order chi connectivity index (χ0) is 24.2. The number of unbranched alkanes of at least 4 members (excludes halogenated alkanes) is 2. The molecule has 0 aliphatic carbocycles. The molecule has 3 aromatic carbocycles. The summed E-state index contributed by atoms with van der Waals surface area (Å²) < 4.78 is 5.67. The molecule has 0 bridgehead atoms. The van der Waals surface area contributed by atoms with Crippen LogP contribution in [0.3, 0.4) is 0 Å². The first-order valence-corrected chi connectivity index (χ1v) is 11.7. The molecule has 176 valence electrons. The molecule has 0 fully saturated rings. The van der Waals surface area contributed by atoms with Gasteiger partial charge in [-0.2, -0.15) is 0 Å². The molecule has 0 saturated carbocycles. The van der Waals surface area contributed by atoms with Gasteiger partial charge in [0.05, 0.1) is 13.0 Å². The Balaban J connectivity index is 1.48. The van der Waals surface area contributed by atoms with Crippen molar-refractivity contribution in [1.82, 2.24) is 5.32 Å². The Labute approximate surface area is 205 Å².